The summed E-state index contributed by atoms with van der Waals surface area (Å²) in [6, 6.07) is 13.3. The lowest BCUT2D eigenvalue weighted by Crippen LogP contribution is -2.16. The van der Waals surface area contributed by atoms with Gasteiger partial charge in [-0.25, -0.2) is 0 Å². The number of aliphatic imine (C=N–C) groups is 1. The average molecular weight is 289 g/mol. The third-order valence-corrected chi connectivity index (χ3v) is 3.27. The second-order valence-corrected chi connectivity index (χ2v) is 4.94. The number of nitrogens with one attached hydrogen (secondary N) is 1. The van der Waals surface area contributed by atoms with Crippen molar-refractivity contribution < 1.29 is 0 Å². The van der Waals surface area contributed by atoms with E-state index in [0.717, 1.165) is 22.4 Å². The molecule has 5 N–H and O–H groups in total. The number of rotatable bonds is 4. The lowest BCUT2D eigenvalue weighted by molar-refractivity contribution is 1.06. The first-order valence-corrected chi connectivity index (χ1v) is 6.60. The minimum Gasteiger partial charge on any atom is -0.383 e. The van der Waals surface area contributed by atoms with Gasteiger partial charge in [-0.15, -0.1) is 0 Å². The molecule has 0 aliphatic carbocycles. The number of hydrogen-bond donors (Lipinski definition) is 3. The molecule has 0 saturated carbocycles. The molecule has 4 nitrogen and oxygen atoms in total. The molecule has 0 amide bonds. The molecule has 2 aromatic carbocycles. The number of amidine groups is 1. The van der Waals surface area contributed by atoms with Gasteiger partial charge in [-0.2, -0.15) is 0 Å². The topological polar surface area (TPSA) is 76.4 Å². The van der Waals surface area contributed by atoms with Crippen molar-refractivity contribution in [3.8, 4) is 0 Å². The van der Waals surface area contributed by atoms with Crippen LogP contribution in [0.2, 0.25) is 5.02 Å². The van der Waals surface area contributed by atoms with Gasteiger partial charge in [0.2, 0.25) is 0 Å². The van der Waals surface area contributed by atoms with Gasteiger partial charge in [0.05, 0.1) is 6.54 Å². The number of nitrogen functional groups attached to an aromatic ring is 1. The van der Waals surface area contributed by atoms with E-state index in [9.17, 15) is 0 Å². The molecular weight excluding hydrogens is 272 g/mol. The summed E-state index contributed by atoms with van der Waals surface area (Å²) < 4.78 is 0. The predicted molar refractivity (Wildman–Crippen MR) is 84.9 cm³/mol. The van der Waals surface area contributed by atoms with E-state index < -0.39 is 0 Å². The first kappa shape index (κ1) is 14.4. The Labute approximate surface area is 123 Å². The molecule has 0 fully saturated rings. The maximum atomic E-state index is 6.04. The van der Waals surface area contributed by atoms with Crippen LogP contribution in [-0.4, -0.2) is 5.84 Å². The average Bonchev–Trinajstić information content (AvgIpc) is 2.46. The van der Waals surface area contributed by atoms with Crippen molar-refractivity contribution in [1.29, 1.82) is 0 Å². The highest BCUT2D eigenvalue weighted by Gasteiger charge is 2.03. The number of halogens is 1. The highest BCUT2D eigenvalue weighted by atomic mass is 35.5. The van der Waals surface area contributed by atoms with Gasteiger partial charge in [-0.3, -0.25) is 10.8 Å². The van der Waals surface area contributed by atoms with Crippen LogP contribution in [0.15, 0.2) is 47.5 Å². The molecule has 0 aromatic heterocycles. The van der Waals surface area contributed by atoms with Gasteiger partial charge in [0.25, 0.3) is 0 Å². The number of hydrazine groups is 1. The van der Waals surface area contributed by atoms with E-state index in [1.54, 1.807) is 0 Å². The van der Waals surface area contributed by atoms with E-state index in [1.165, 1.54) is 0 Å². The Hall–Kier alpha value is -2.04. The smallest absolute Gasteiger partial charge is 0.126 e. The Morgan fingerprint density at radius 1 is 1.20 bits per heavy atom. The zero-order valence-corrected chi connectivity index (χ0v) is 12.0. The van der Waals surface area contributed by atoms with Gasteiger partial charge in [-0.05, 0) is 48.4 Å². The molecule has 2 rings (SSSR count). The molecule has 20 heavy (non-hydrogen) atoms. The fraction of sp³-hybridized carbons (Fsp3) is 0.133. The minimum absolute atomic E-state index is 0.515. The van der Waals surface area contributed by atoms with Crippen LogP contribution in [-0.2, 0) is 6.54 Å². The fourth-order valence-corrected chi connectivity index (χ4v) is 2.02. The Morgan fingerprint density at radius 3 is 2.50 bits per heavy atom. The van der Waals surface area contributed by atoms with Crippen LogP contribution in [0.3, 0.4) is 0 Å². The van der Waals surface area contributed by atoms with Crippen LogP contribution >= 0.6 is 11.6 Å². The minimum atomic E-state index is 0.515. The Kier molecular flexibility index (Phi) is 4.61. The summed E-state index contributed by atoms with van der Waals surface area (Å²) in [6.45, 7) is 2.50. The van der Waals surface area contributed by atoms with E-state index in [-0.39, 0.29) is 0 Å². The second-order valence-electron chi connectivity index (χ2n) is 4.50. The maximum Gasteiger partial charge on any atom is 0.126 e. The number of hydrogen-bond acceptors (Lipinski definition) is 3. The summed E-state index contributed by atoms with van der Waals surface area (Å²) in [5.74, 6) is 5.88. The van der Waals surface area contributed by atoms with Crippen LogP contribution in [0.5, 0.6) is 0 Å². The Bertz CT molecular complexity index is 620. The summed E-state index contributed by atoms with van der Waals surface area (Å²) in [4.78, 5) is 4.41. The molecule has 0 unspecified atom stereocenters. The third-order valence-electron chi connectivity index (χ3n) is 3.01. The first-order chi connectivity index (χ1) is 9.60. The molecule has 0 bridgehead atoms. The molecular formula is C15H17ClN4. The molecule has 2 aromatic rings. The van der Waals surface area contributed by atoms with Crippen molar-refractivity contribution in [2.24, 2.45) is 16.6 Å². The first-order valence-electron chi connectivity index (χ1n) is 6.22. The highest BCUT2D eigenvalue weighted by molar-refractivity contribution is 6.30. The molecule has 0 heterocycles. The van der Waals surface area contributed by atoms with Crippen LogP contribution in [0.4, 0.5) is 5.69 Å². The SMILES string of the molecule is Cc1cc(NN)ccc1C(N)=NCc1ccc(Cl)cc1. The number of nitrogens with zero attached hydrogens (tertiary/aromatic N) is 1. The van der Waals surface area contributed by atoms with Crippen molar-refractivity contribution in [3.63, 3.8) is 0 Å². The number of benzene rings is 2. The second kappa shape index (κ2) is 6.41. The van der Waals surface area contributed by atoms with Gasteiger partial charge in [0.1, 0.15) is 5.84 Å². The lowest BCUT2D eigenvalue weighted by atomic mass is 10.1. The van der Waals surface area contributed by atoms with Crippen molar-refractivity contribution in [2.75, 3.05) is 5.43 Å². The monoisotopic (exact) mass is 288 g/mol. The van der Waals surface area contributed by atoms with Gasteiger partial charge in [-0.1, -0.05) is 23.7 Å². The predicted octanol–water partition coefficient (Wildman–Crippen LogP) is 2.84. The van der Waals surface area contributed by atoms with Crippen LogP contribution < -0.4 is 17.0 Å². The van der Waals surface area contributed by atoms with E-state index in [4.69, 9.17) is 23.2 Å². The van der Waals surface area contributed by atoms with Crippen molar-refractivity contribution in [2.45, 2.75) is 13.5 Å². The molecule has 104 valence electrons. The van der Waals surface area contributed by atoms with Gasteiger partial charge >= 0.3 is 0 Å². The zero-order chi connectivity index (χ0) is 14.5. The summed E-state index contributed by atoms with van der Waals surface area (Å²) in [7, 11) is 0. The molecule has 5 heteroatoms. The standard InChI is InChI=1S/C15H17ClN4/c1-10-8-13(20-18)6-7-14(10)15(17)19-9-11-2-4-12(16)5-3-11/h2-8,20H,9,18H2,1H3,(H2,17,19). The van der Waals surface area contributed by atoms with Crippen molar-refractivity contribution in [1.82, 2.24) is 0 Å². The van der Waals surface area contributed by atoms with E-state index in [0.29, 0.717) is 17.4 Å². The Morgan fingerprint density at radius 2 is 1.90 bits per heavy atom. The van der Waals surface area contributed by atoms with E-state index in [2.05, 4.69) is 10.4 Å². The normalized spacial score (nSPS) is 11.4. The number of nitrogens with two attached hydrogens (primary N) is 2. The molecule has 0 atom stereocenters. The number of aryl methyl sites for hydroxylation is 1. The molecule has 0 aliphatic heterocycles. The summed E-state index contributed by atoms with van der Waals surface area (Å²) in [5, 5.41) is 0.714. The molecule has 0 spiro atoms. The molecule has 0 aliphatic rings. The largest absolute Gasteiger partial charge is 0.383 e. The Balaban J connectivity index is 2.16. The van der Waals surface area contributed by atoms with Gasteiger partial charge in [0.15, 0.2) is 0 Å². The fourth-order valence-electron chi connectivity index (χ4n) is 1.89. The van der Waals surface area contributed by atoms with Crippen LogP contribution in [0.25, 0.3) is 0 Å². The zero-order valence-electron chi connectivity index (χ0n) is 11.2. The summed E-state index contributed by atoms with van der Waals surface area (Å²) in [5.41, 5.74) is 12.5. The summed E-state index contributed by atoms with van der Waals surface area (Å²) >= 11 is 5.84. The van der Waals surface area contributed by atoms with Crippen molar-refractivity contribution in [3.05, 3.63) is 64.2 Å². The molecule has 0 saturated heterocycles. The van der Waals surface area contributed by atoms with Gasteiger partial charge in [0, 0.05) is 16.3 Å². The van der Waals surface area contributed by atoms with Gasteiger partial charge < -0.3 is 11.2 Å². The third kappa shape index (κ3) is 3.50. The molecule has 0 radical (unpaired) electrons. The van der Waals surface area contributed by atoms with E-state index >= 15 is 0 Å². The van der Waals surface area contributed by atoms with Crippen molar-refractivity contribution >= 4 is 23.1 Å². The highest BCUT2D eigenvalue weighted by Crippen LogP contribution is 2.15. The van der Waals surface area contributed by atoms with Crippen LogP contribution in [0, 0.1) is 6.92 Å². The lowest BCUT2D eigenvalue weighted by Gasteiger charge is -2.08. The summed E-state index contributed by atoms with van der Waals surface area (Å²) in [6.07, 6.45) is 0. The van der Waals surface area contributed by atoms with E-state index in [1.807, 2.05) is 49.4 Å². The quantitative estimate of drug-likeness (QED) is 0.350. The van der Waals surface area contributed by atoms with Crippen LogP contribution in [0.1, 0.15) is 16.7 Å². The number of anilines is 1. The maximum absolute atomic E-state index is 6.04.